The van der Waals surface area contributed by atoms with Crippen LogP contribution in [0.15, 0.2) is 72.8 Å². The van der Waals surface area contributed by atoms with Crippen molar-refractivity contribution in [2.75, 3.05) is 50.8 Å². The van der Waals surface area contributed by atoms with Crippen LogP contribution in [-0.4, -0.2) is 68.8 Å². The Morgan fingerprint density at radius 2 is 1.45 bits per heavy atom. The molecule has 0 bridgehead atoms. The van der Waals surface area contributed by atoms with Crippen LogP contribution < -0.4 is 10.2 Å². The second kappa shape index (κ2) is 12.6. The molecule has 3 aromatic carbocycles. The van der Waals surface area contributed by atoms with E-state index in [4.69, 9.17) is 4.74 Å². The van der Waals surface area contributed by atoms with E-state index in [1.54, 1.807) is 19.1 Å². The highest BCUT2D eigenvalue weighted by atomic mass is 19.4. The number of amides is 1. The fourth-order valence-corrected chi connectivity index (χ4v) is 6.26. The number of halogens is 3. The van der Waals surface area contributed by atoms with Crippen molar-refractivity contribution in [1.29, 1.82) is 0 Å². The van der Waals surface area contributed by atoms with Crippen LogP contribution in [0.1, 0.15) is 47.7 Å². The van der Waals surface area contributed by atoms with E-state index >= 15 is 0 Å². The molecular formula is C33H36F3N3O3. The molecule has 1 heterocycles. The Kier molecular flexibility index (Phi) is 8.87. The van der Waals surface area contributed by atoms with Gasteiger partial charge in [0, 0.05) is 31.9 Å². The summed E-state index contributed by atoms with van der Waals surface area (Å²) in [5, 5.41) is 2.21. The fraction of sp³-hybridized carbons (Fsp3) is 0.394. The van der Waals surface area contributed by atoms with Gasteiger partial charge in [0.25, 0.3) is 0 Å². The van der Waals surface area contributed by atoms with Crippen LogP contribution in [0.5, 0.6) is 0 Å². The summed E-state index contributed by atoms with van der Waals surface area (Å²) in [6, 6.07) is 22.6. The second-order valence-electron chi connectivity index (χ2n) is 10.8. The van der Waals surface area contributed by atoms with Gasteiger partial charge in [-0.05, 0) is 72.8 Å². The van der Waals surface area contributed by atoms with Gasteiger partial charge in [-0.2, -0.15) is 13.2 Å². The number of carbonyl (C=O) groups excluding carboxylic acids is 2. The molecule has 0 saturated carbocycles. The quantitative estimate of drug-likeness (QED) is 0.243. The average molecular weight is 580 g/mol. The topological polar surface area (TPSA) is 61.9 Å². The van der Waals surface area contributed by atoms with Crippen LogP contribution in [0.3, 0.4) is 0 Å². The number of carbonyl (C=O) groups is 2. The molecule has 9 heteroatoms. The third-order valence-electron chi connectivity index (χ3n) is 8.29. The van der Waals surface area contributed by atoms with E-state index in [1.807, 2.05) is 60.7 Å². The molecule has 6 nitrogen and oxygen atoms in total. The number of rotatable bonds is 10. The van der Waals surface area contributed by atoms with Gasteiger partial charge in [-0.3, -0.25) is 9.69 Å². The van der Waals surface area contributed by atoms with Gasteiger partial charge in [-0.1, -0.05) is 55.0 Å². The first-order chi connectivity index (χ1) is 20.2. The highest BCUT2D eigenvalue weighted by Crippen LogP contribution is 2.51. The molecule has 0 atom stereocenters. The lowest BCUT2D eigenvalue weighted by atomic mass is 9.73. The monoisotopic (exact) mass is 579 g/mol. The fourth-order valence-electron chi connectivity index (χ4n) is 6.26. The SMILES string of the molecule is CCOC(=O)c1ccc(N2CCN(CCCCC3(C(=O)NCC(F)(F)F)c4ccccc4-c4ccccc43)CC2)cc1. The van der Waals surface area contributed by atoms with Gasteiger partial charge in [-0.15, -0.1) is 0 Å². The summed E-state index contributed by atoms with van der Waals surface area (Å²) in [6.07, 6.45) is -2.54. The summed E-state index contributed by atoms with van der Waals surface area (Å²) in [6.45, 7) is 5.08. The van der Waals surface area contributed by atoms with E-state index in [2.05, 4.69) is 15.1 Å². The average Bonchev–Trinajstić information content (AvgIpc) is 3.29. The lowest BCUT2D eigenvalue weighted by molar-refractivity contribution is -0.141. The summed E-state index contributed by atoms with van der Waals surface area (Å²) in [5.41, 5.74) is 3.79. The van der Waals surface area contributed by atoms with Crippen LogP contribution >= 0.6 is 0 Å². The number of unbranched alkanes of at least 4 members (excludes halogenated alkanes) is 1. The van der Waals surface area contributed by atoms with Crippen molar-refractivity contribution in [3.63, 3.8) is 0 Å². The van der Waals surface area contributed by atoms with E-state index in [0.717, 1.165) is 67.1 Å². The molecule has 5 rings (SSSR count). The summed E-state index contributed by atoms with van der Waals surface area (Å²) >= 11 is 0. The Morgan fingerprint density at radius 3 is 2.02 bits per heavy atom. The molecule has 42 heavy (non-hydrogen) atoms. The molecule has 1 fully saturated rings. The minimum absolute atomic E-state index is 0.321. The molecule has 0 unspecified atom stereocenters. The van der Waals surface area contributed by atoms with Gasteiger partial charge in [0.1, 0.15) is 12.0 Å². The number of nitrogens with zero attached hydrogens (tertiary/aromatic N) is 2. The molecule has 1 aliphatic heterocycles. The lowest BCUT2D eigenvalue weighted by Gasteiger charge is -2.36. The molecular weight excluding hydrogens is 543 g/mol. The zero-order chi connectivity index (χ0) is 29.7. The maximum absolute atomic E-state index is 13.6. The van der Waals surface area contributed by atoms with E-state index in [0.29, 0.717) is 25.0 Å². The molecule has 0 radical (unpaired) electrons. The number of fused-ring (bicyclic) bond motifs is 3. The molecule has 1 N–H and O–H groups in total. The van der Waals surface area contributed by atoms with Crippen molar-refractivity contribution in [3.8, 4) is 11.1 Å². The van der Waals surface area contributed by atoms with Crippen LogP contribution in [0, 0.1) is 0 Å². The molecule has 1 saturated heterocycles. The van der Waals surface area contributed by atoms with Crippen molar-refractivity contribution >= 4 is 17.6 Å². The summed E-state index contributed by atoms with van der Waals surface area (Å²) in [5.74, 6) is -0.919. The first kappa shape index (κ1) is 29.6. The predicted molar refractivity (Wildman–Crippen MR) is 157 cm³/mol. The highest BCUT2D eigenvalue weighted by molar-refractivity contribution is 6.00. The largest absolute Gasteiger partial charge is 0.462 e. The first-order valence-electron chi connectivity index (χ1n) is 14.5. The zero-order valence-corrected chi connectivity index (χ0v) is 23.8. The van der Waals surface area contributed by atoms with E-state index in [9.17, 15) is 22.8 Å². The number of alkyl halides is 3. The Bertz CT molecular complexity index is 1350. The molecule has 1 aliphatic carbocycles. The minimum atomic E-state index is -4.49. The normalized spacial score (nSPS) is 16.0. The third-order valence-corrected chi connectivity index (χ3v) is 8.29. The van der Waals surface area contributed by atoms with Crippen molar-refractivity contribution in [1.82, 2.24) is 10.2 Å². The lowest BCUT2D eigenvalue weighted by Crippen LogP contribution is -2.47. The van der Waals surface area contributed by atoms with Crippen LogP contribution in [0.4, 0.5) is 18.9 Å². The molecule has 1 amide bonds. The van der Waals surface area contributed by atoms with Gasteiger partial charge in [0.2, 0.25) is 5.91 Å². The number of hydrogen-bond donors (Lipinski definition) is 1. The van der Waals surface area contributed by atoms with Crippen LogP contribution in [0.2, 0.25) is 0 Å². The number of nitrogens with one attached hydrogen (secondary N) is 1. The Balaban J connectivity index is 1.21. The zero-order valence-electron chi connectivity index (χ0n) is 23.8. The number of esters is 1. The highest BCUT2D eigenvalue weighted by Gasteiger charge is 2.49. The van der Waals surface area contributed by atoms with Crippen molar-refractivity contribution in [2.24, 2.45) is 0 Å². The van der Waals surface area contributed by atoms with Gasteiger partial charge in [-0.25, -0.2) is 4.79 Å². The van der Waals surface area contributed by atoms with Crippen LogP contribution in [0.25, 0.3) is 11.1 Å². The number of ether oxygens (including phenoxy) is 1. The van der Waals surface area contributed by atoms with Gasteiger partial charge < -0.3 is 15.0 Å². The van der Waals surface area contributed by atoms with Crippen LogP contribution in [-0.2, 0) is 14.9 Å². The minimum Gasteiger partial charge on any atom is -0.462 e. The second-order valence-corrected chi connectivity index (χ2v) is 10.8. The molecule has 222 valence electrons. The Labute approximate surface area is 244 Å². The Hall–Kier alpha value is -3.85. The van der Waals surface area contributed by atoms with Crippen molar-refractivity contribution in [2.45, 2.75) is 37.8 Å². The maximum Gasteiger partial charge on any atom is 0.405 e. The summed E-state index contributed by atoms with van der Waals surface area (Å²) in [4.78, 5) is 30.2. The van der Waals surface area contributed by atoms with E-state index in [1.165, 1.54) is 0 Å². The molecule has 0 spiro atoms. The number of benzene rings is 3. The molecule has 3 aromatic rings. The van der Waals surface area contributed by atoms with Crippen molar-refractivity contribution < 1.29 is 27.5 Å². The predicted octanol–water partition coefficient (Wildman–Crippen LogP) is 5.80. The standard InChI is InChI=1S/C33H36F3N3O3/c1-2-42-30(40)24-13-15-25(16-14-24)39-21-19-38(20-22-39)18-8-7-17-32(31(41)37-23-33(34,35)36)28-11-5-3-9-26(28)27-10-4-6-12-29(27)32/h3-6,9-16H,2,7-8,17-23H2,1H3,(H,37,41). The number of anilines is 1. The van der Waals surface area contributed by atoms with E-state index in [-0.39, 0.29) is 5.97 Å². The third kappa shape index (κ3) is 6.16. The number of hydrogen-bond acceptors (Lipinski definition) is 5. The molecule has 0 aromatic heterocycles. The molecule has 2 aliphatic rings. The van der Waals surface area contributed by atoms with E-state index < -0.39 is 24.0 Å². The van der Waals surface area contributed by atoms with Crippen molar-refractivity contribution in [3.05, 3.63) is 89.5 Å². The maximum atomic E-state index is 13.6. The first-order valence-corrected chi connectivity index (χ1v) is 14.5. The smallest absolute Gasteiger partial charge is 0.405 e. The van der Waals surface area contributed by atoms with Gasteiger partial charge >= 0.3 is 12.1 Å². The number of piperazine rings is 1. The summed E-state index contributed by atoms with van der Waals surface area (Å²) in [7, 11) is 0. The summed E-state index contributed by atoms with van der Waals surface area (Å²) < 4.78 is 44.4. The van der Waals surface area contributed by atoms with Gasteiger partial charge in [0.05, 0.1) is 12.2 Å². The Morgan fingerprint density at radius 1 is 0.857 bits per heavy atom. The van der Waals surface area contributed by atoms with Gasteiger partial charge in [0.15, 0.2) is 0 Å².